The van der Waals surface area contributed by atoms with Gasteiger partial charge in [0.25, 0.3) is 0 Å². The van der Waals surface area contributed by atoms with Gasteiger partial charge in [0.15, 0.2) is 0 Å². The fraction of sp³-hybridized carbons (Fsp3) is 0.846. The van der Waals surface area contributed by atoms with E-state index in [2.05, 4.69) is 18.3 Å². The second kappa shape index (κ2) is 9.00. The number of carbonyl (C=O) groups excluding carboxylic acids is 1. The van der Waals surface area contributed by atoms with Gasteiger partial charge in [0, 0.05) is 13.2 Å². The summed E-state index contributed by atoms with van der Waals surface area (Å²) < 4.78 is 5.34. The van der Waals surface area contributed by atoms with Crippen molar-refractivity contribution < 1.29 is 9.53 Å². The molecular formula is C13H24N2O2. The van der Waals surface area contributed by atoms with Crippen molar-refractivity contribution in [2.45, 2.75) is 46.5 Å². The molecule has 0 unspecified atom stereocenters. The van der Waals surface area contributed by atoms with E-state index < -0.39 is 5.41 Å². The zero-order chi connectivity index (χ0) is 13.1. The van der Waals surface area contributed by atoms with Crippen LogP contribution in [0.2, 0.25) is 0 Å². The van der Waals surface area contributed by atoms with Crippen LogP contribution in [-0.4, -0.2) is 25.7 Å². The van der Waals surface area contributed by atoms with Crippen molar-refractivity contribution in [3.63, 3.8) is 0 Å². The van der Waals surface area contributed by atoms with Crippen LogP contribution in [0.4, 0.5) is 0 Å². The topological polar surface area (TPSA) is 62.1 Å². The second-order valence-electron chi connectivity index (χ2n) is 4.12. The zero-order valence-electron chi connectivity index (χ0n) is 11.2. The highest BCUT2D eigenvalue weighted by Crippen LogP contribution is 2.25. The van der Waals surface area contributed by atoms with E-state index in [1.165, 1.54) is 0 Å². The molecule has 0 spiro atoms. The Balaban J connectivity index is 3.89. The molecule has 98 valence electrons. The Hall–Kier alpha value is -1.08. The van der Waals surface area contributed by atoms with E-state index in [4.69, 9.17) is 10.00 Å². The van der Waals surface area contributed by atoms with E-state index in [0.717, 1.165) is 19.4 Å². The maximum atomic E-state index is 11.9. The van der Waals surface area contributed by atoms with Gasteiger partial charge in [0.1, 0.15) is 5.41 Å². The maximum Gasteiger partial charge on any atom is 0.240 e. The van der Waals surface area contributed by atoms with Gasteiger partial charge in [-0.3, -0.25) is 4.79 Å². The Morgan fingerprint density at radius 3 is 2.41 bits per heavy atom. The molecule has 0 aromatic carbocycles. The van der Waals surface area contributed by atoms with Crippen LogP contribution in [0.3, 0.4) is 0 Å². The van der Waals surface area contributed by atoms with Crippen LogP contribution in [0, 0.1) is 16.7 Å². The summed E-state index contributed by atoms with van der Waals surface area (Å²) in [7, 11) is 0. The molecule has 4 nitrogen and oxygen atoms in total. The summed E-state index contributed by atoms with van der Waals surface area (Å²) >= 11 is 0. The average molecular weight is 240 g/mol. The lowest BCUT2D eigenvalue weighted by Crippen LogP contribution is -2.40. The molecule has 0 saturated heterocycles. The Labute approximate surface area is 104 Å². The van der Waals surface area contributed by atoms with Crippen molar-refractivity contribution in [2.24, 2.45) is 5.41 Å². The highest BCUT2D eigenvalue weighted by molar-refractivity contribution is 5.85. The molecule has 0 fully saturated rings. The van der Waals surface area contributed by atoms with Crippen molar-refractivity contribution >= 4 is 5.91 Å². The van der Waals surface area contributed by atoms with E-state index in [9.17, 15) is 4.79 Å². The van der Waals surface area contributed by atoms with Crippen LogP contribution in [0.1, 0.15) is 46.5 Å². The largest absolute Gasteiger partial charge is 0.380 e. The second-order valence-corrected chi connectivity index (χ2v) is 4.12. The van der Waals surface area contributed by atoms with Crippen molar-refractivity contribution in [2.75, 3.05) is 19.8 Å². The highest BCUT2D eigenvalue weighted by Gasteiger charge is 2.34. The SMILES string of the molecule is CCCCOCCNC(=O)C(C#N)(CC)CC. The average Bonchev–Trinajstić information content (AvgIpc) is 2.36. The van der Waals surface area contributed by atoms with E-state index in [1.807, 2.05) is 13.8 Å². The van der Waals surface area contributed by atoms with Crippen LogP contribution in [-0.2, 0) is 9.53 Å². The van der Waals surface area contributed by atoms with E-state index in [0.29, 0.717) is 26.0 Å². The molecule has 0 aliphatic heterocycles. The summed E-state index contributed by atoms with van der Waals surface area (Å²) in [5.74, 6) is -0.177. The lowest BCUT2D eigenvalue weighted by molar-refractivity contribution is -0.128. The predicted molar refractivity (Wildman–Crippen MR) is 67.4 cm³/mol. The van der Waals surface area contributed by atoms with Crippen LogP contribution in [0.25, 0.3) is 0 Å². The summed E-state index contributed by atoms with van der Waals surface area (Å²) in [4.78, 5) is 11.9. The first-order valence-electron chi connectivity index (χ1n) is 6.44. The molecule has 0 aliphatic carbocycles. The lowest BCUT2D eigenvalue weighted by atomic mass is 9.83. The number of rotatable bonds is 9. The Kier molecular flexibility index (Phi) is 8.43. The van der Waals surface area contributed by atoms with Gasteiger partial charge in [-0.25, -0.2) is 0 Å². The van der Waals surface area contributed by atoms with E-state index in [-0.39, 0.29) is 5.91 Å². The van der Waals surface area contributed by atoms with Crippen LogP contribution >= 0.6 is 0 Å². The normalized spacial score (nSPS) is 10.9. The van der Waals surface area contributed by atoms with Gasteiger partial charge in [0.2, 0.25) is 5.91 Å². The molecule has 0 radical (unpaired) electrons. The summed E-state index contributed by atoms with van der Waals surface area (Å²) in [6, 6.07) is 2.12. The van der Waals surface area contributed by atoms with Gasteiger partial charge in [-0.15, -0.1) is 0 Å². The molecule has 0 aromatic rings. The summed E-state index contributed by atoms with van der Waals surface area (Å²) in [6.45, 7) is 7.56. The molecule has 0 rings (SSSR count). The smallest absolute Gasteiger partial charge is 0.240 e. The quantitative estimate of drug-likeness (QED) is 0.629. The van der Waals surface area contributed by atoms with Gasteiger partial charge in [-0.1, -0.05) is 27.2 Å². The van der Waals surface area contributed by atoms with Gasteiger partial charge < -0.3 is 10.1 Å². The molecule has 0 atom stereocenters. The van der Waals surface area contributed by atoms with Gasteiger partial charge in [-0.05, 0) is 19.3 Å². The fourth-order valence-corrected chi connectivity index (χ4v) is 1.53. The molecule has 0 saturated carbocycles. The number of unbranched alkanes of at least 4 members (excludes halogenated alkanes) is 1. The molecular weight excluding hydrogens is 216 g/mol. The highest BCUT2D eigenvalue weighted by atomic mass is 16.5. The van der Waals surface area contributed by atoms with Crippen molar-refractivity contribution in [1.29, 1.82) is 5.26 Å². The lowest BCUT2D eigenvalue weighted by Gasteiger charge is -2.22. The number of nitrogens with zero attached hydrogens (tertiary/aromatic N) is 1. The van der Waals surface area contributed by atoms with Gasteiger partial charge in [-0.2, -0.15) is 5.26 Å². The third-order valence-electron chi connectivity index (χ3n) is 3.03. The Morgan fingerprint density at radius 2 is 1.94 bits per heavy atom. The molecule has 4 heteroatoms. The summed E-state index contributed by atoms with van der Waals surface area (Å²) in [5, 5.41) is 11.8. The number of ether oxygens (including phenoxy) is 1. The van der Waals surface area contributed by atoms with Crippen molar-refractivity contribution in [1.82, 2.24) is 5.32 Å². The molecule has 0 aliphatic rings. The van der Waals surface area contributed by atoms with Crippen molar-refractivity contribution in [3.05, 3.63) is 0 Å². The van der Waals surface area contributed by atoms with Gasteiger partial charge >= 0.3 is 0 Å². The molecule has 0 aromatic heterocycles. The number of hydrogen-bond donors (Lipinski definition) is 1. The minimum atomic E-state index is -0.872. The first kappa shape index (κ1) is 15.9. The first-order valence-corrected chi connectivity index (χ1v) is 6.44. The number of amides is 1. The standard InChI is InChI=1S/C13H24N2O2/c1-4-7-9-17-10-8-15-12(16)13(5-2,6-3)11-14/h4-10H2,1-3H3,(H,15,16). The van der Waals surface area contributed by atoms with E-state index in [1.54, 1.807) is 0 Å². The fourth-order valence-electron chi connectivity index (χ4n) is 1.53. The van der Waals surface area contributed by atoms with Crippen LogP contribution in [0.15, 0.2) is 0 Å². The molecule has 1 amide bonds. The van der Waals surface area contributed by atoms with Crippen LogP contribution in [0.5, 0.6) is 0 Å². The molecule has 0 bridgehead atoms. The zero-order valence-corrected chi connectivity index (χ0v) is 11.2. The van der Waals surface area contributed by atoms with Crippen molar-refractivity contribution in [3.8, 4) is 6.07 Å². The van der Waals surface area contributed by atoms with Crippen LogP contribution < -0.4 is 5.32 Å². The molecule has 1 N–H and O–H groups in total. The Morgan fingerprint density at radius 1 is 1.29 bits per heavy atom. The Bertz CT molecular complexity index is 255. The minimum absolute atomic E-state index is 0.177. The monoisotopic (exact) mass is 240 g/mol. The number of hydrogen-bond acceptors (Lipinski definition) is 3. The molecule has 17 heavy (non-hydrogen) atoms. The number of nitrogens with one attached hydrogen (secondary N) is 1. The summed E-state index contributed by atoms with van der Waals surface area (Å²) in [6.07, 6.45) is 3.24. The summed E-state index contributed by atoms with van der Waals surface area (Å²) in [5.41, 5.74) is -0.872. The number of nitriles is 1. The van der Waals surface area contributed by atoms with E-state index >= 15 is 0 Å². The maximum absolute atomic E-state index is 11.9. The third-order valence-corrected chi connectivity index (χ3v) is 3.03. The predicted octanol–water partition coefficient (Wildman–Crippen LogP) is 2.25. The molecule has 0 heterocycles. The van der Waals surface area contributed by atoms with Gasteiger partial charge in [0.05, 0.1) is 12.7 Å². The minimum Gasteiger partial charge on any atom is -0.380 e. The third kappa shape index (κ3) is 5.18. The first-order chi connectivity index (χ1) is 8.16. The number of carbonyl (C=O) groups is 1.